The lowest BCUT2D eigenvalue weighted by Crippen LogP contribution is -2.24. The molecule has 0 aliphatic carbocycles. The first-order valence-corrected chi connectivity index (χ1v) is 5.81. The number of nitrogens with zero attached hydrogens (tertiary/aromatic N) is 1. The number of halogens is 1. The Balaban J connectivity index is 2.07. The lowest BCUT2D eigenvalue weighted by molar-refractivity contribution is 0.546. The molecule has 2 N–H and O–H groups in total. The molecular weight excluding hydrogens is 217 g/mol. The summed E-state index contributed by atoms with van der Waals surface area (Å²) < 4.78 is 14.0. The summed E-state index contributed by atoms with van der Waals surface area (Å²) in [5.74, 6) is 0.398. The highest BCUT2D eigenvalue weighted by Crippen LogP contribution is 2.25. The Bertz CT molecular complexity index is 585. The molecule has 1 atom stereocenters. The average Bonchev–Trinajstić information content (AvgIpc) is 2.76. The van der Waals surface area contributed by atoms with Gasteiger partial charge in [0.25, 0.3) is 0 Å². The molecule has 3 rings (SSSR count). The van der Waals surface area contributed by atoms with Crippen molar-refractivity contribution in [3.8, 4) is 0 Å². The standard InChI is InChI=1S/C13H14FN3/c1-8-2-3-12(15-6-8)10-4-9-7-16-17-13(9)5-11(10)14/h3-5,7-8,15H,2,6H2,1H3,(H,16,17). The van der Waals surface area contributed by atoms with Gasteiger partial charge in [0.1, 0.15) is 5.82 Å². The maximum Gasteiger partial charge on any atom is 0.134 e. The molecule has 1 unspecified atom stereocenters. The highest BCUT2D eigenvalue weighted by atomic mass is 19.1. The molecule has 1 aromatic heterocycles. The van der Waals surface area contributed by atoms with Crippen LogP contribution in [0.2, 0.25) is 0 Å². The summed E-state index contributed by atoms with van der Waals surface area (Å²) in [7, 11) is 0. The van der Waals surface area contributed by atoms with E-state index in [1.54, 1.807) is 6.20 Å². The minimum absolute atomic E-state index is 0.213. The van der Waals surface area contributed by atoms with Gasteiger partial charge in [-0.15, -0.1) is 0 Å². The van der Waals surface area contributed by atoms with Crippen LogP contribution in [0.5, 0.6) is 0 Å². The number of allylic oxidation sites excluding steroid dienone is 1. The number of aromatic nitrogens is 2. The maximum absolute atomic E-state index is 14.0. The van der Waals surface area contributed by atoms with Crippen molar-refractivity contribution in [2.75, 3.05) is 6.54 Å². The molecule has 2 heterocycles. The molecule has 3 nitrogen and oxygen atoms in total. The summed E-state index contributed by atoms with van der Waals surface area (Å²) in [5, 5.41) is 10.9. The molecule has 0 radical (unpaired) electrons. The first-order chi connectivity index (χ1) is 8.24. The van der Waals surface area contributed by atoms with Crippen LogP contribution in [0.15, 0.2) is 24.4 Å². The molecule has 0 bridgehead atoms. The second-order valence-electron chi connectivity index (χ2n) is 4.63. The SMILES string of the molecule is CC1CC=C(c2cc3cn[nH]c3cc2F)NC1. The molecule has 2 aromatic rings. The van der Waals surface area contributed by atoms with E-state index in [-0.39, 0.29) is 5.82 Å². The van der Waals surface area contributed by atoms with E-state index in [0.717, 1.165) is 29.6 Å². The number of aromatic amines is 1. The van der Waals surface area contributed by atoms with E-state index in [1.165, 1.54) is 6.07 Å². The lowest BCUT2D eigenvalue weighted by atomic mass is 9.99. The number of hydrogen-bond donors (Lipinski definition) is 2. The van der Waals surface area contributed by atoms with Crippen LogP contribution < -0.4 is 5.32 Å². The molecule has 17 heavy (non-hydrogen) atoms. The van der Waals surface area contributed by atoms with Gasteiger partial charge in [-0.2, -0.15) is 5.10 Å². The van der Waals surface area contributed by atoms with E-state index in [0.29, 0.717) is 11.5 Å². The molecule has 1 aromatic carbocycles. The monoisotopic (exact) mass is 231 g/mol. The summed E-state index contributed by atoms with van der Waals surface area (Å²) in [6.45, 7) is 3.07. The molecule has 0 saturated carbocycles. The van der Waals surface area contributed by atoms with E-state index in [9.17, 15) is 4.39 Å². The molecule has 0 spiro atoms. The third-order valence-corrected chi connectivity index (χ3v) is 3.18. The van der Waals surface area contributed by atoms with Crippen LogP contribution in [-0.2, 0) is 0 Å². The van der Waals surface area contributed by atoms with Crippen molar-refractivity contribution in [1.29, 1.82) is 0 Å². The van der Waals surface area contributed by atoms with Gasteiger partial charge in [-0.3, -0.25) is 5.10 Å². The maximum atomic E-state index is 14.0. The van der Waals surface area contributed by atoms with Crippen LogP contribution in [0.3, 0.4) is 0 Å². The van der Waals surface area contributed by atoms with E-state index < -0.39 is 0 Å². The van der Waals surface area contributed by atoms with Gasteiger partial charge in [-0.05, 0) is 18.4 Å². The van der Waals surface area contributed by atoms with Gasteiger partial charge >= 0.3 is 0 Å². The molecular formula is C13H14FN3. The Kier molecular flexibility index (Phi) is 2.35. The zero-order valence-electron chi connectivity index (χ0n) is 9.63. The quantitative estimate of drug-likeness (QED) is 0.792. The number of fused-ring (bicyclic) bond motifs is 1. The number of rotatable bonds is 1. The average molecular weight is 231 g/mol. The predicted octanol–water partition coefficient (Wildman–Crippen LogP) is 2.67. The molecule has 0 saturated heterocycles. The zero-order chi connectivity index (χ0) is 11.8. The molecule has 0 amide bonds. The fraction of sp³-hybridized carbons (Fsp3) is 0.308. The smallest absolute Gasteiger partial charge is 0.134 e. The topological polar surface area (TPSA) is 40.7 Å². The van der Waals surface area contributed by atoms with E-state index in [4.69, 9.17) is 0 Å². The van der Waals surface area contributed by atoms with Crippen molar-refractivity contribution < 1.29 is 4.39 Å². The molecule has 1 aliphatic heterocycles. The summed E-state index contributed by atoms with van der Waals surface area (Å²) in [5.41, 5.74) is 2.26. The minimum atomic E-state index is -0.213. The van der Waals surface area contributed by atoms with Crippen molar-refractivity contribution in [3.63, 3.8) is 0 Å². The molecule has 1 aliphatic rings. The van der Waals surface area contributed by atoms with Crippen molar-refractivity contribution in [2.24, 2.45) is 5.92 Å². The Hall–Kier alpha value is -1.84. The Labute approximate surface area is 98.7 Å². The normalized spacial score (nSPS) is 20.1. The van der Waals surface area contributed by atoms with Crippen LogP contribution in [0.1, 0.15) is 18.9 Å². The van der Waals surface area contributed by atoms with E-state index in [2.05, 4.69) is 28.5 Å². The Morgan fingerprint density at radius 2 is 2.29 bits per heavy atom. The van der Waals surface area contributed by atoms with Gasteiger partial charge in [-0.25, -0.2) is 4.39 Å². The lowest BCUT2D eigenvalue weighted by Gasteiger charge is -2.21. The van der Waals surface area contributed by atoms with Gasteiger partial charge < -0.3 is 5.32 Å². The minimum Gasteiger partial charge on any atom is -0.384 e. The summed E-state index contributed by atoms with van der Waals surface area (Å²) in [6, 6.07) is 3.33. The van der Waals surface area contributed by atoms with Crippen LogP contribution in [0.25, 0.3) is 16.6 Å². The fourth-order valence-electron chi connectivity index (χ4n) is 2.14. The third kappa shape index (κ3) is 1.79. The summed E-state index contributed by atoms with van der Waals surface area (Å²) in [6.07, 6.45) is 4.77. The largest absolute Gasteiger partial charge is 0.384 e. The predicted molar refractivity (Wildman–Crippen MR) is 65.8 cm³/mol. The highest BCUT2D eigenvalue weighted by Gasteiger charge is 2.14. The second kappa shape index (κ2) is 3.87. The van der Waals surface area contributed by atoms with Gasteiger partial charge in [0.15, 0.2) is 0 Å². The van der Waals surface area contributed by atoms with Gasteiger partial charge in [0.05, 0.1) is 11.7 Å². The third-order valence-electron chi connectivity index (χ3n) is 3.18. The first kappa shape index (κ1) is 10.3. The van der Waals surface area contributed by atoms with E-state index in [1.807, 2.05) is 6.07 Å². The van der Waals surface area contributed by atoms with Crippen LogP contribution >= 0.6 is 0 Å². The fourth-order valence-corrected chi connectivity index (χ4v) is 2.14. The van der Waals surface area contributed by atoms with Crippen LogP contribution in [0, 0.1) is 11.7 Å². The number of hydrogen-bond acceptors (Lipinski definition) is 2. The van der Waals surface area contributed by atoms with Gasteiger partial charge in [0.2, 0.25) is 0 Å². The second-order valence-corrected chi connectivity index (χ2v) is 4.63. The Morgan fingerprint density at radius 1 is 1.41 bits per heavy atom. The molecule has 4 heteroatoms. The van der Waals surface area contributed by atoms with Crippen LogP contribution in [-0.4, -0.2) is 16.7 Å². The van der Waals surface area contributed by atoms with E-state index >= 15 is 0 Å². The number of nitrogens with one attached hydrogen (secondary N) is 2. The van der Waals surface area contributed by atoms with Gasteiger partial charge in [0, 0.05) is 29.3 Å². The summed E-state index contributed by atoms with van der Waals surface area (Å²) in [4.78, 5) is 0. The first-order valence-electron chi connectivity index (χ1n) is 5.81. The Morgan fingerprint density at radius 3 is 3.06 bits per heavy atom. The van der Waals surface area contributed by atoms with Crippen LogP contribution in [0.4, 0.5) is 4.39 Å². The van der Waals surface area contributed by atoms with Crippen molar-refractivity contribution >= 4 is 16.6 Å². The van der Waals surface area contributed by atoms with Crippen molar-refractivity contribution in [3.05, 3.63) is 35.8 Å². The highest BCUT2D eigenvalue weighted by molar-refractivity contribution is 5.83. The summed E-state index contributed by atoms with van der Waals surface area (Å²) >= 11 is 0. The number of H-pyrrole nitrogens is 1. The van der Waals surface area contributed by atoms with Gasteiger partial charge in [-0.1, -0.05) is 13.0 Å². The molecule has 88 valence electrons. The zero-order valence-corrected chi connectivity index (χ0v) is 9.63. The van der Waals surface area contributed by atoms with Crippen molar-refractivity contribution in [2.45, 2.75) is 13.3 Å². The van der Waals surface area contributed by atoms with Crippen molar-refractivity contribution in [1.82, 2.24) is 15.5 Å². The molecule has 0 fully saturated rings. The number of benzene rings is 1.